The summed E-state index contributed by atoms with van der Waals surface area (Å²) in [5.74, 6) is 1.80. The van der Waals surface area contributed by atoms with Crippen LogP contribution in [0.15, 0.2) is 24.3 Å². The molecule has 1 aromatic rings. The molecule has 0 radical (unpaired) electrons. The molecule has 0 aliphatic carbocycles. The number of ether oxygens (including phenoxy) is 3. The first kappa shape index (κ1) is 17.6. The Morgan fingerprint density at radius 2 is 1.63 bits per heavy atom. The zero-order valence-corrected chi connectivity index (χ0v) is 12.7. The third kappa shape index (κ3) is 4.33. The molecule has 0 aromatic heterocycles. The Morgan fingerprint density at radius 3 is 1.95 bits per heavy atom. The Bertz CT molecular complexity index is 410. The zero-order valence-electron chi connectivity index (χ0n) is 11.9. The topological polar surface area (TPSA) is 53.7 Å². The van der Waals surface area contributed by atoms with Gasteiger partial charge in [0.05, 0.1) is 21.3 Å². The number of halogens is 1. The van der Waals surface area contributed by atoms with Crippen LogP contribution >= 0.6 is 12.4 Å². The number of methoxy groups -OCH3 is 3. The van der Waals surface area contributed by atoms with Gasteiger partial charge in [0.1, 0.15) is 0 Å². The summed E-state index contributed by atoms with van der Waals surface area (Å²) in [5, 5.41) is 0. The van der Waals surface area contributed by atoms with E-state index >= 15 is 0 Å². The predicted octanol–water partition coefficient (Wildman–Crippen LogP) is 3.10. The second kappa shape index (κ2) is 7.92. The maximum absolute atomic E-state index is 6.12. The summed E-state index contributed by atoms with van der Waals surface area (Å²) in [4.78, 5) is 0. The van der Waals surface area contributed by atoms with Crippen molar-refractivity contribution in [2.75, 3.05) is 21.3 Å². The van der Waals surface area contributed by atoms with Crippen molar-refractivity contribution in [2.24, 2.45) is 5.73 Å². The molecular formula is C14H22ClNO3. The molecule has 1 atom stereocenters. The number of nitrogens with two attached hydrogens (primary N) is 1. The molecule has 108 valence electrons. The quantitative estimate of drug-likeness (QED) is 0.817. The van der Waals surface area contributed by atoms with Crippen molar-refractivity contribution in [1.82, 2.24) is 0 Å². The van der Waals surface area contributed by atoms with Crippen molar-refractivity contribution in [3.05, 3.63) is 29.8 Å². The fourth-order valence-corrected chi connectivity index (χ4v) is 1.81. The Hall–Kier alpha value is -1.39. The molecule has 19 heavy (non-hydrogen) atoms. The van der Waals surface area contributed by atoms with Crippen LogP contribution in [0, 0.1) is 0 Å². The summed E-state index contributed by atoms with van der Waals surface area (Å²) in [6, 6.07) is 3.61. The molecule has 0 spiro atoms. The molecule has 1 aromatic carbocycles. The van der Waals surface area contributed by atoms with Gasteiger partial charge in [0, 0.05) is 6.04 Å². The van der Waals surface area contributed by atoms with Crippen molar-refractivity contribution in [3.8, 4) is 17.2 Å². The number of rotatable bonds is 6. The lowest BCUT2D eigenvalue weighted by Crippen LogP contribution is -2.11. The van der Waals surface area contributed by atoms with Crippen molar-refractivity contribution < 1.29 is 14.2 Å². The maximum Gasteiger partial charge on any atom is 0.203 e. The molecule has 0 aliphatic heterocycles. The van der Waals surface area contributed by atoms with Crippen LogP contribution in [-0.4, -0.2) is 21.3 Å². The lowest BCUT2D eigenvalue weighted by atomic mass is 10.0. The normalized spacial score (nSPS) is 11.2. The van der Waals surface area contributed by atoms with E-state index in [-0.39, 0.29) is 18.4 Å². The molecule has 0 unspecified atom stereocenters. The monoisotopic (exact) mass is 287 g/mol. The molecule has 2 N–H and O–H groups in total. The van der Waals surface area contributed by atoms with Gasteiger partial charge in [0.25, 0.3) is 0 Å². The fourth-order valence-electron chi connectivity index (χ4n) is 1.81. The van der Waals surface area contributed by atoms with E-state index in [1.54, 1.807) is 21.3 Å². The van der Waals surface area contributed by atoms with Gasteiger partial charge in [-0.15, -0.1) is 19.0 Å². The van der Waals surface area contributed by atoms with Gasteiger partial charge in [0.15, 0.2) is 11.5 Å². The van der Waals surface area contributed by atoms with Gasteiger partial charge in [-0.25, -0.2) is 0 Å². The first-order chi connectivity index (χ1) is 8.53. The molecule has 0 fully saturated rings. The maximum atomic E-state index is 6.12. The summed E-state index contributed by atoms with van der Waals surface area (Å²) >= 11 is 0. The highest BCUT2D eigenvalue weighted by Crippen LogP contribution is 2.39. The van der Waals surface area contributed by atoms with Gasteiger partial charge < -0.3 is 19.9 Å². The van der Waals surface area contributed by atoms with Crippen molar-refractivity contribution in [3.63, 3.8) is 0 Å². The average molecular weight is 288 g/mol. The lowest BCUT2D eigenvalue weighted by molar-refractivity contribution is 0.323. The van der Waals surface area contributed by atoms with Crippen LogP contribution in [0.25, 0.3) is 0 Å². The summed E-state index contributed by atoms with van der Waals surface area (Å²) in [5.41, 5.74) is 8.10. The Balaban J connectivity index is 0.00000324. The molecule has 0 amide bonds. The smallest absolute Gasteiger partial charge is 0.203 e. The van der Waals surface area contributed by atoms with Gasteiger partial charge >= 0.3 is 0 Å². The minimum atomic E-state index is -0.129. The first-order valence-electron chi connectivity index (χ1n) is 5.73. The van der Waals surface area contributed by atoms with Crippen molar-refractivity contribution in [2.45, 2.75) is 19.4 Å². The molecule has 0 saturated carbocycles. The fraction of sp³-hybridized carbons (Fsp3) is 0.429. The SMILES string of the molecule is C=C(C)C[C@@H](N)c1cc(OC)c(OC)c(OC)c1.Cl. The third-order valence-electron chi connectivity index (χ3n) is 2.68. The van der Waals surface area contributed by atoms with Crippen molar-refractivity contribution in [1.29, 1.82) is 0 Å². The number of hydrogen-bond acceptors (Lipinski definition) is 4. The summed E-state index contributed by atoms with van der Waals surface area (Å²) in [7, 11) is 4.75. The molecule has 0 bridgehead atoms. The molecule has 4 nitrogen and oxygen atoms in total. The lowest BCUT2D eigenvalue weighted by Gasteiger charge is -2.17. The van der Waals surface area contributed by atoms with Crippen LogP contribution in [0.1, 0.15) is 24.9 Å². The number of benzene rings is 1. The second-order valence-corrected chi connectivity index (χ2v) is 4.23. The Morgan fingerprint density at radius 1 is 1.16 bits per heavy atom. The first-order valence-corrected chi connectivity index (χ1v) is 5.73. The van der Waals surface area contributed by atoms with Gasteiger partial charge in [0.2, 0.25) is 5.75 Å². The third-order valence-corrected chi connectivity index (χ3v) is 2.68. The van der Waals surface area contributed by atoms with E-state index in [1.165, 1.54) is 0 Å². The van der Waals surface area contributed by atoms with Gasteiger partial charge in [-0.1, -0.05) is 5.57 Å². The summed E-state index contributed by atoms with van der Waals surface area (Å²) in [6.07, 6.45) is 0.721. The molecule has 5 heteroatoms. The van der Waals surface area contributed by atoms with E-state index in [0.29, 0.717) is 17.2 Å². The highest BCUT2D eigenvalue weighted by atomic mass is 35.5. The van der Waals surface area contributed by atoms with Gasteiger partial charge in [-0.3, -0.25) is 0 Å². The molecule has 0 aliphatic rings. The summed E-state index contributed by atoms with van der Waals surface area (Å²) < 4.78 is 15.8. The van der Waals surface area contributed by atoms with Crippen LogP contribution in [0.2, 0.25) is 0 Å². The number of hydrogen-bond donors (Lipinski definition) is 1. The van der Waals surface area contributed by atoms with E-state index < -0.39 is 0 Å². The van der Waals surface area contributed by atoms with E-state index in [9.17, 15) is 0 Å². The molecule has 1 rings (SSSR count). The van der Waals surface area contributed by atoms with E-state index in [1.807, 2.05) is 19.1 Å². The zero-order chi connectivity index (χ0) is 13.7. The van der Waals surface area contributed by atoms with Crippen molar-refractivity contribution >= 4 is 12.4 Å². The van der Waals surface area contributed by atoms with Gasteiger partial charge in [-0.2, -0.15) is 0 Å². The molecule has 0 saturated heterocycles. The Kier molecular flexibility index (Phi) is 7.34. The minimum Gasteiger partial charge on any atom is -0.493 e. The van der Waals surface area contributed by atoms with Crippen LogP contribution in [-0.2, 0) is 0 Å². The summed E-state index contributed by atoms with van der Waals surface area (Å²) in [6.45, 7) is 5.83. The van der Waals surface area contributed by atoms with E-state index in [4.69, 9.17) is 19.9 Å². The van der Waals surface area contributed by atoms with E-state index in [0.717, 1.165) is 17.6 Å². The van der Waals surface area contributed by atoms with Crippen LogP contribution in [0.5, 0.6) is 17.2 Å². The van der Waals surface area contributed by atoms with E-state index in [2.05, 4.69) is 6.58 Å². The van der Waals surface area contributed by atoms with Crippen LogP contribution in [0.4, 0.5) is 0 Å². The average Bonchev–Trinajstić information content (AvgIpc) is 2.35. The molecule has 0 heterocycles. The largest absolute Gasteiger partial charge is 0.493 e. The van der Waals surface area contributed by atoms with Crippen LogP contribution in [0.3, 0.4) is 0 Å². The van der Waals surface area contributed by atoms with Crippen LogP contribution < -0.4 is 19.9 Å². The second-order valence-electron chi connectivity index (χ2n) is 4.23. The molecular weight excluding hydrogens is 266 g/mol. The standard InChI is InChI=1S/C14H21NO3.ClH/c1-9(2)6-11(15)10-7-12(16-3)14(18-5)13(8-10)17-4;/h7-8,11H,1,6,15H2,2-5H3;1H/t11-;/m1./s1. The predicted molar refractivity (Wildman–Crippen MR) is 79.7 cm³/mol. The minimum absolute atomic E-state index is 0. The highest BCUT2D eigenvalue weighted by Gasteiger charge is 2.16. The van der Waals surface area contributed by atoms with Gasteiger partial charge in [-0.05, 0) is 31.0 Å². The Labute approximate surface area is 120 Å². The highest BCUT2D eigenvalue weighted by molar-refractivity contribution is 5.85.